The molecule has 0 aromatic rings. The van der Waals surface area contributed by atoms with Crippen LogP contribution in [-0.4, -0.2) is 5.91 Å². The van der Waals surface area contributed by atoms with E-state index in [1.54, 1.807) is 0 Å². The van der Waals surface area contributed by atoms with Crippen molar-refractivity contribution in [1.29, 1.82) is 0 Å². The Hall–Kier alpha value is -0.530. The molecule has 3 fully saturated rings. The molecule has 2 atom stereocenters. The van der Waals surface area contributed by atoms with Gasteiger partial charge in [-0.05, 0) is 31.1 Å². The standard InChI is InChI=1S/C8H13NO/c9-8(10)7-5-2-1-3-6(7)4-5/h5-7H,1-4H2,(H2,9,10). The van der Waals surface area contributed by atoms with Crippen molar-refractivity contribution < 1.29 is 4.79 Å². The van der Waals surface area contributed by atoms with Crippen LogP contribution in [0.2, 0.25) is 0 Å². The lowest BCUT2D eigenvalue weighted by Crippen LogP contribution is -2.47. The first-order valence-electron chi connectivity index (χ1n) is 4.08. The fraction of sp³-hybridized carbons (Fsp3) is 0.875. The lowest BCUT2D eigenvalue weighted by Gasteiger charge is -2.47. The van der Waals surface area contributed by atoms with Gasteiger partial charge in [0.1, 0.15) is 0 Å². The van der Waals surface area contributed by atoms with Gasteiger partial charge in [-0.15, -0.1) is 0 Å². The van der Waals surface area contributed by atoms with Gasteiger partial charge in [0.15, 0.2) is 0 Å². The van der Waals surface area contributed by atoms with E-state index < -0.39 is 0 Å². The van der Waals surface area contributed by atoms with E-state index in [0.29, 0.717) is 11.8 Å². The fourth-order valence-corrected chi connectivity index (χ4v) is 2.57. The van der Waals surface area contributed by atoms with Gasteiger partial charge in [0, 0.05) is 5.92 Å². The second kappa shape index (κ2) is 1.97. The summed E-state index contributed by atoms with van der Waals surface area (Å²) in [5.74, 6) is 1.53. The van der Waals surface area contributed by atoms with E-state index in [1.165, 1.54) is 25.7 Å². The molecule has 2 N–H and O–H groups in total. The largest absolute Gasteiger partial charge is 0.369 e. The van der Waals surface area contributed by atoms with E-state index in [1.807, 2.05) is 0 Å². The summed E-state index contributed by atoms with van der Waals surface area (Å²) in [6.07, 6.45) is 5.07. The highest BCUT2D eigenvalue weighted by atomic mass is 16.1. The molecule has 0 aromatic carbocycles. The van der Waals surface area contributed by atoms with Crippen LogP contribution in [0.4, 0.5) is 0 Å². The van der Waals surface area contributed by atoms with Gasteiger partial charge in [0.25, 0.3) is 0 Å². The molecule has 0 aromatic heterocycles. The molecule has 2 nitrogen and oxygen atoms in total. The van der Waals surface area contributed by atoms with Crippen LogP contribution in [0.1, 0.15) is 25.7 Å². The molecular weight excluding hydrogens is 126 g/mol. The first-order valence-corrected chi connectivity index (χ1v) is 4.08. The number of hydrogen-bond acceptors (Lipinski definition) is 1. The van der Waals surface area contributed by atoms with Gasteiger partial charge < -0.3 is 5.73 Å². The molecular formula is C8H13NO. The summed E-state index contributed by atoms with van der Waals surface area (Å²) in [7, 11) is 0. The van der Waals surface area contributed by atoms with Crippen LogP contribution in [0, 0.1) is 17.8 Å². The normalized spacial score (nSPS) is 44.2. The van der Waals surface area contributed by atoms with Crippen molar-refractivity contribution in [3.8, 4) is 0 Å². The zero-order chi connectivity index (χ0) is 7.14. The SMILES string of the molecule is NC(=O)C1C2CCCC1C2. The van der Waals surface area contributed by atoms with E-state index in [2.05, 4.69) is 0 Å². The topological polar surface area (TPSA) is 43.1 Å². The number of carbonyl (C=O) groups excluding carboxylic acids is 1. The quantitative estimate of drug-likeness (QED) is 0.576. The van der Waals surface area contributed by atoms with Crippen molar-refractivity contribution in [1.82, 2.24) is 0 Å². The average molecular weight is 139 g/mol. The first-order chi connectivity index (χ1) is 4.79. The molecule has 1 amide bonds. The third-order valence-electron chi connectivity index (χ3n) is 3.10. The minimum atomic E-state index is -0.0547. The van der Waals surface area contributed by atoms with Gasteiger partial charge in [0.2, 0.25) is 5.91 Å². The summed E-state index contributed by atoms with van der Waals surface area (Å²) < 4.78 is 0. The van der Waals surface area contributed by atoms with E-state index in [-0.39, 0.29) is 11.8 Å². The smallest absolute Gasteiger partial charge is 0.221 e. The molecule has 2 unspecified atom stereocenters. The third kappa shape index (κ3) is 0.678. The monoisotopic (exact) mass is 139 g/mol. The van der Waals surface area contributed by atoms with Crippen molar-refractivity contribution in [3.05, 3.63) is 0 Å². The minimum absolute atomic E-state index is 0.0547. The lowest BCUT2D eigenvalue weighted by molar-refractivity contribution is -0.134. The van der Waals surface area contributed by atoms with E-state index in [9.17, 15) is 4.79 Å². The Kier molecular flexibility index (Phi) is 1.22. The maximum Gasteiger partial charge on any atom is 0.221 e. The van der Waals surface area contributed by atoms with Gasteiger partial charge in [-0.25, -0.2) is 0 Å². The Balaban J connectivity index is 2.06. The molecule has 3 aliphatic rings. The number of amides is 1. The first kappa shape index (κ1) is 6.20. The summed E-state index contributed by atoms with van der Waals surface area (Å²) >= 11 is 0. The van der Waals surface area contributed by atoms with Crippen LogP contribution in [0.3, 0.4) is 0 Å². The highest BCUT2D eigenvalue weighted by Gasteiger charge is 2.46. The summed E-state index contributed by atoms with van der Waals surface area (Å²) in [6, 6.07) is 0. The van der Waals surface area contributed by atoms with Crippen LogP contribution >= 0.6 is 0 Å². The summed E-state index contributed by atoms with van der Waals surface area (Å²) in [4.78, 5) is 10.8. The van der Waals surface area contributed by atoms with E-state index in [4.69, 9.17) is 5.73 Å². The van der Waals surface area contributed by atoms with Crippen LogP contribution in [-0.2, 0) is 4.79 Å². The van der Waals surface area contributed by atoms with Crippen LogP contribution in [0.15, 0.2) is 0 Å². The number of carbonyl (C=O) groups is 1. The van der Waals surface area contributed by atoms with E-state index >= 15 is 0 Å². The summed E-state index contributed by atoms with van der Waals surface area (Å²) in [5, 5.41) is 0. The zero-order valence-corrected chi connectivity index (χ0v) is 6.05. The van der Waals surface area contributed by atoms with Gasteiger partial charge in [-0.2, -0.15) is 0 Å². The van der Waals surface area contributed by atoms with Crippen molar-refractivity contribution in [3.63, 3.8) is 0 Å². The molecule has 3 rings (SSSR count). The molecule has 56 valence electrons. The number of rotatable bonds is 1. The van der Waals surface area contributed by atoms with Crippen molar-refractivity contribution >= 4 is 5.91 Å². The van der Waals surface area contributed by atoms with Gasteiger partial charge in [-0.3, -0.25) is 4.79 Å². The number of fused-ring (bicyclic) bond motifs is 2. The van der Waals surface area contributed by atoms with Crippen LogP contribution in [0.25, 0.3) is 0 Å². The molecule has 2 bridgehead atoms. The summed E-state index contributed by atoms with van der Waals surface area (Å²) in [6.45, 7) is 0. The number of nitrogens with two attached hydrogens (primary N) is 1. The fourth-order valence-electron chi connectivity index (χ4n) is 2.57. The van der Waals surface area contributed by atoms with E-state index in [0.717, 1.165) is 0 Å². The van der Waals surface area contributed by atoms with Crippen molar-refractivity contribution in [2.45, 2.75) is 25.7 Å². The number of hydrogen-bond donors (Lipinski definition) is 1. The minimum Gasteiger partial charge on any atom is -0.369 e. The van der Waals surface area contributed by atoms with Gasteiger partial charge in [-0.1, -0.05) is 6.42 Å². The summed E-state index contributed by atoms with van der Waals surface area (Å²) in [5.41, 5.74) is 5.25. The second-order valence-corrected chi connectivity index (χ2v) is 3.61. The Bertz CT molecular complexity index is 153. The number of primary amides is 1. The molecule has 3 aliphatic carbocycles. The average Bonchev–Trinajstić information content (AvgIpc) is 1.87. The Morgan fingerprint density at radius 1 is 1.30 bits per heavy atom. The highest BCUT2D eigenvalue weighted by molar-refractivity contribution is 5.78. The third-order valence-corrected chi connectivity index (χ3v) is 3.10. The second-order valence-electron chi connectivity index (χ2n) is 3.61. The van der Waals surface area contributed by atoms with Crippen molar-refractivity contribution in [2.75, 3.05) is 0 Å². The predicted octanol–water partition coefficient (Wildman–Crippen LogP) is 0.908. The Labute approximate surface area is 60.8 Å². The van der Waals surface area contributed by atoms with Crippen LogP contribution < -0.4 is 5.73 Å². The Morgan fingerprint density at radius 3 is 2.20 bits per heavy atom. The maximum atomic E-state index is 10.8. The molecule has 10 heavy (non-hydrogen) atoms. The molecule has 0 heterocycles. The van der Waals surface area contributed by atoms with Gasteiger partial charge in [0.05, 0.1) is 0 Å². The molecule has 2 heteroatoms. The molecule has 3 saturated carbocycles. The molecule has 0 saturated heterocycles. The van der Waals surface area contributed by atoms with Crippen molar-refractivity contribution in [2.24, 2.45) is 23.5 Å². The molecule has 0 aliphatic heterocycles. The highest BCUT2D eigenvalue weighted by Crippen LogP contribution is 2.50. The predicted molar refractivity (Wildman–Crippen MR) is 38.1 cm³/mol. The maximum absolute atomic E-state index is 10.8. The Morgan fingerprint density at radius 2 is 1.90 bits per heavy atom. The zero-order valence-electron chi connectivity index (χ0n) is 6.05. The molecule has 0 radical (unpaired) electrons. The van der Waals surface area contributed by atoms with Gasteiger partial charge >= 0.3 is 0 Å². The molecule has 0 spiro atoms. The lowest BCUT2D eigenvalue weighted by atomic mass is 9.57. The van der Waals surface area contributed by atoms with Crippen LogP contribution in [0.5, 0.6) is 0 Å².